The maximum absolute atomic E-state index is 12.4. The fourth-order valence-electron chi connectivity index (χ4n) is 3.82. The highest BCUT2D eigenvalue weighted by Crippen LogP contribution is 2.20. The molecule has 2 fully saturated rings. The lowest BCUT2D eigenvalue weighted by atomic mass is 9.96. The molecule has 26 heavy (non-hydrogen) atoms. The van der Waals surface area contributed by atoms with Crippen LogP contribution in [-0.4, -0.2) is 80.1 Å². The third-order valence-electron chi connectivity index (χ3n) is 5.77. The molecule has 3 rings (SSSR count). The lowest BCUT2D eigenvalue weighted by molar-refractivity contribution is -0.134. The van der Waals surface area contributed by atoms with Crippen molar-refractivity contribution in [2.24, 2.45) is 5.92 Å². The number of aryl methyl sites for hydroxylation is 1. The molecule has 2 saturated heterocycles. The molecule has 0 aromatic heterocycles. The summed E-state index contributed by atoms with van der Waals surface area (Å²) in [5.74, 6) is 1.62. The molecule has 2 aliphatic rings. The fourth-order valence-corrected chi connectivity index (χ4v) is 3.82. The molecule has 1 amide bonds. The second kappa shape index (κ2) is 9.38. The quantitative estimate of drug-likeness (QED) is 0.779. The van der Waals surface area contributed by atoms with Gasteiger partial charge >= 0.3 is 0 Å². The Labute approximate surface area is 157 Å². The second-order valence-electron chi connectivity index (χ2n) is 7.71. The molecule has 0 atom stereocenters. The zero-order valence-corrected chi connectivity index (χ0v) is 16.3. The van der Waals surface area contributed by atoms with Gasteiger partial charge in [-0.3, -0.25) is 4.79 Å². The minimum Gasteiger partial charge on any atom is -0.484 e. The van der Waals surface area contributed by atoms with Gasteiger partial charge in [0.1, 0.15) is 5.75 Å². The molecule has 0 bridgehead atoms. The van der Waals surface area contributed by atoms with Crippen LogP contribution in [-0.2, 0) is 11.2 Å². The Morgan fingerprint density at radius 3 is 2.31 bits per heavy atom. The van der Waals surface area contributed by atoms with Crippen LogP contribution in [0.5, 0.6) is 5.75 Å². The van der Waals surface area contributed by atoms with Crippen LogP contribution >= 0.6 is 0 Å². The normalized spacial score (nSPS) is 20.3. The largest absolute Gasteiger partial charge is 0.484 e. The Hall–Kier alpha value is -1.59. The minimum atomic E-state index is 0.114. The van der Waals surface area contributed by atoms with Crippen LogP contribution in [0, 0.1) is 5.92 Å². The van der Waals surface area contributed by atoms with E-state index in [1.807, 2.05) is 17.0 Å². The summed E-state index contributed by atoms with van der Waals surface area (Å²) in [4.78, 5) is 19.4. The van der Waals surface area contributed by atoms with E-state index in [0.717, 1.165) is 44.0 Å². The molecule has 5 heteroatoms. The van der Waals surface area contributed by atoms with Crippen molar-refractivity contribution in [1.82, 2.24) is 14.7 Å². The average molecular weight is 360 g/mol. The maximum atomic E-state index is 12.4. The number of likely N-dealkylation sites (tertiary alicyclic amines) is 1. The first-order valence-electron chi connectivity index (χ1n) is 10.0. The lowest BCUT2D eigenvalue weighted by Gasteiger charge is -2.37. The summed E-state index contributed by atoms with van der Waals surface area (Å²) >= 11 is 0. The van der Waals surface area contributed by atoms with Gasteiger partial charge in [-0.2, -0.15) is 0 Å². The Morgan fingerprint density at radius 2 is 1.69 bits per heavy atom. The molecular formula is C21H33N3O2. The first-order chi connectivity index (χ1) is 12.6. The number of piperidine rings is 1. The average Bonchev–Trinajstić information content (AvgIpc) is 2.69. The molecule has 2 heterocycles. The Bertz CT molecular complexity index is 559. The molecule has 0 radical (unpaired) electrons. The van der Waals surface area contributed by atoms with E-state index in [1.165, 1.54) is 38.3 Å². The van der Waals surface area contributed by atoms with Crippen molar-refractivity contribution >= 4 is 5.91 Å². The third-order valence-corrected chi connectivity index (χ3v) is 5.77. The van der Waals surface area contributed by atoms with Crippen LogP contribution in [0.1, 0.15) is 25.3 Å². The van der Waals surface area contributed by atoms with Gasteiger partial charge in [0.15, 0.2) is 6.61 Å². The van der Waals surface area contributed by atoms with Gasteiger partial charge < -0.3 is 19.4 Å². The highest BCUT2D eigenvalue weighted by molar-refractivity contribution is 5.77. The van der Waals surface area contributed by atoms with Gasteiger partial charge in [-0.05, 0) is 49.9 Å². The van der Waals surface area contributed by atoms with Gasteiger partial charge in [0.25, 0.3) is 5.91 Å². The number of amides is 1. The first kappa shape index (κ1) is 19.2. The molecule has 5 nitrogen and oxygen atoms in total. The zero-order chi connectivity index (χ0) is 18.4. The zero-order valence-electron chi connectivity index (χ0n) is 16.3. The third kappa shape index (κ3) is 5.45. The molecule has 144 valence electrons. The number of hydrogen-bond donors (Lipinski definition) is 0. The van der Waals surface area contributed by atoms with Crippen molar-refractivity contribution in [3.63, 3.8) is 0 Å². The summed E-state index contributed by atoms with van der Waals surface area (Å²) in [5, 5.41) is 0. The number of likely N-dealkylation sites (N-methyl/N-ethyl adjacent to an activating group) is 1. The highest BCUT2D eigenvalue weighted by Gasteiger charge is 2.25. The molecular weight excluding hydrogens is 326 g/mol. The van der Waals surface area contributed by atoms with Crippen LogP contribution in [0.15, 0.2) is 24.3 Å². The van der Waals surface area contributed by atoms with E-state index in [2.05, 4.69) is 35.9 Å². The van der Waals surface area contributed by atoms with Gasteiger partial charge in [0, 0.05) is 45.8 Å². The molecule has 2 aliphatic heterocycles. The molecule has 1 aromatic carbocycles. The predicted octanol–water partition coefficient (Wildman–Crippen LogP) is 2.11. The van der Waals surface area contributed by atoms with Crippen molar-refractivity contribution in [3.8, 4) is 5.75 Å². The number of nitrogens with zero attached hydrogens (tertiary/aromatic N) is 3. The number of rotatable bonds is 6. The van der Waals surface area contributed by atoms with Gasteiger partial charge in [0.2, 0.25) is 0 Å². The highest BCUT2D eigenvalue weighted by atomic mass is 16.5. The number of ether oxygens (including phenoxy) is 1. The van der Waals surface area contributed by atoms with E-state index in [0.29, 0.717) is 0 Å². The predicted molar refractivity (Wildman–Crippen MR) is 105 cm³/mol. The summed E-state index contributed by atoms with van der Waals surface area (Å²) in [6.45, 7) is 9.92. The van der Waals surface area contributed by atoms with Crippen LogP contribution in [0.4, 0.5) is 0 Å². The first-order valence-corrected chi connectivity index (χ1v) is 10.0. The smallest absolute Gasteiger partial charge is 0.260 e. The van der Waals surface area contributed by atoms with Crippen LogP contribution in [0.2, 0.25) is 0 Å². The lowest BCUT2D eigenvalue weighted by Crippen LogP contribution is -2.48. The Kier molecular flexibility index (Phi) is 6.92. The summed E-state index contributed by atoms with van der Waals surface area (Å²) in [5.41, 5.74) is 1.28. The fraction of sp³-hybridized carbons (Fsp3) is 0.667. The van der Waals surface area contributed by atoms with Crippen molar-refractivity contribution < 1.29 is 9.53 Å². The summed E-state index contributed by atoms with van der Waals surface area (Å²) in [6.07, 6.45) is 3.24. The monoisotopic (exact) mass is 359 g/mol. The van der Waals surface area contributed by atoms with Crippen molar-refractivity contribution in [2.45, 2.75) is 26.2 Å². The molecule has 0 spiro atoms. The van der Waals surface area contributed by atoms with E-state index in [1.54, 1.807) is 0 Å². The van der Waals surface area contributed by atoms with E-state index in [4.69, 9.17) is 4.74 Å². The van der Waals surface area contributed by atoms with Gasteiger partial charge in [-0.25, -0.2) is 0 Å². The van der Waals surface area contributed by atoms with Gasteiger partial charge in [0.05, 0.1) is 0 Å². The Balaban J connectivity index is 1.36. The summed E-state index contributed by atoms with van der Waals surface area (Å²) < 4.78 is 5.67. The van der Waals surface area contributed by atoms with E-state index in [-0.39, 0.29) is 12.5 Å². The van der Waals surface area contributed by atoms with E-state index in [9.17, 15) is 4.79 Å². The van der Waals surface area contributed by atoms with Crippen LogP contribution in [0.3, 0.4) is 0 Å². The summed E-state index contributed by atoms with van der Waals surface area (Å²) in [7, 11) is 2.20. The summed E-state index contributed by atoms with van der Waals surface area (Å²) in [6, 6.07) is 8.02. The molecule has 0 aliphatic carbocycles. The maximum Gasteiger partial charge on any atom is 0.260 e. The van der Waals surface area contributed by atoms with Crippen LogP contribution in [0.25, 0.3) is 0 Å². The number of benzene rings is 1. The van der Waals surface area contributed by atoms with Crippen LogP contribution < -0.4 is 4.74 Å². The van der Waals surface area contributed by atoms with Crippen molar-refractivity contribution in [1.29, 1.82) is 0 Å². The van der Waals surface area contributed by atoms with Crippen molar-refractivity contribution in [2.75, 3.05) is 59.5 Å². The number of piperazine rings is 1. The number of carbonyl (C=O) groups is 1. The molecule has 0 saturated carbocycles. The van der Waals surface area contributed by atoms with E-state index < -0.39 is 0 Å². The van der Waals surface area contributed by atoms with Crippen molar-refractivity contribution in [3.05, 3.63) is 29.8 Å². The second-order valence-corrected chi connectivity index (χ2v) is 7.71. The molecule has 1 aromatic rings. The number of carbonyl (C=O) groups excluding carboxylic acids is 1. The standard InChI is InChI=1S/C21H33N3O2/c1-3-18-4-6-20(7-5-18)26-17-21(25)24-10-8-19(9-11-24)16-23-14-12-22(2)13-15-23/h4-7,19H,3,8-17H2,1-2H3. The molecule has 0 N–H and O–H groups in total. The molecule has 0 unspecified atom stereocenters. The Morgan fingerprint density at radius 1 is 1.04 bits per heavy atom. The topological polar surface area (TPSA) is 36.0 Å². The minimum absolute atomic E-state index is 0.114. The van der Waals surface area contributed by atoms with Gasteiger partial charge in [-0.15, -0.1) is 0 Å². The SMILES string of the molecule is CCc1ccc(OCC(=O)N2CCC(CN3CCN(C)CC3)CC2)cc1. The number of hydrogen-bond acceptors (Lipinski definition) is 4. The van der Waals surface area contributed by atoms with E-state index >= 15 is 0 Å². The van der Waals surface area contributed by atoms with Gasteiger partial charge in [-0.1, -0.05) is 19.1 Å².